The van der Waals surface area contributed by atoms with E-state index in [-0.39, 0.29) is 29.5 Å². The normalized spacial score (nSPS) is 11.2. The SMILES string of the molecule is CC(C)(C)c1cc(CC(=O)Nc2ccc(Nc3cc(N)nc(N)n3)cc2)no1. The van der Waals surface area contributed by atoms with Crippen LogP contribution in [-0.2, 0) is 16.6 Å². The molecule has 28 heavy (non-hydrogen) atoms. The van der Waals surface area contributed by atoms with Crippen LogP contribution in [0.4, 0.5) is 29.0 Å². The zero-order valence-electron chi connectivity index (χ0n) is 16.0. The van der Waals surface area contributed by atoms with Gasteiger partial charge in [0.05, 0.1) is 12.1 Å². The largest absolute Gasteiger partial charge is 0.383 e. The minimum absolute atomic E-state index is 0.0915. The second-order valence-corrected chi connectivity index (χ2v) is 7.40. The fourth-order valence-corrected chi connectivity index (χ4v) is 2.45. The average molecular weight is 381 g/mol. The molecule has 2 heterocycles. The highest BCUT2D eigenvalue weighted by Crippen LogP contribution is 2.23. The molecule has 1 aromatic carbocycles. The van der Waals surface area contributed by atoms with Gasteiger partial charge in [-0.2, -0.15) is 9.97 Å². The van der Waals surface area contributed by atoms with E-state index in [1.807, 2.05) is 26.8 Å². The van der Waals surface area contributed by atoms with Crippen LogP contribution in [0, 0.1) is 0 Å². The summed E-state index contributed by atoms with van der Waals surface area (Å²) in [6.07, 6.45) is 0.138. The smallest absolute Gasteiger partial charge is 0.230 e. The van der Waals surface area contributed by atoms with Crippen molar-refractivity contribution in [3.8, 4) is 0 Å². The van der Waals surface area contributed by atoms with Crippen LogP contribution in [0.25, 0.3) is 0 Å². The van der Waals surface area contributed by atoms with E-state index in [2.05, 4.69) is 25.8 Å². The summed E-state index contributed by atoms with van der Waals surface area (Å²) in [7, 11) is 0. The van der Waals surface area contributed by atoms with Crippen molar-refractivity contribution in [2.45, 2.75) is 32.6 Å². The molecule has 9 nitrogen and oxygen atoms in total. The van der Waals surface area contributed by atoms with Crippen LogP contribution >= 0.6 is 0 Å². The molecule has 3 aromatic rings. The molecule has 0 aliphatic heterocycles. The van der Waals surface area contributed by atoms with Gasteiger partial charge in [0, 0.05) is 28.9 Å². The number of anilines is 5. The van der Waals surface area contributed by atoms with Gasteiger partial charge in [0.2, 0.25) is 11.9 Å². The van der Waals surface area contributed by atoms with E-state index >= 15 is 0 Å². The Morgan fingerprint density at radius 3 is 2.36 bits per heavy atom. The average Bonchev–Trinajstić information content (AvgIpc) is 3.04. The van der Waals surface area contributed by atoms with E-state index < -0.39 is 0 Å². The van der Waals surface area contributed by atoms with Crippen LogP contribution in [0.3, 0.4) is 0 Å². The number of nitrogens with zero attached hydrogens (tertiary/aromatic N) is 3. The zero-order chi connectivity index (χ0) is 20.3. The Kier molecular flexibility index (Phi) is 5.16. The van der Waals surface area contributed by atoms with Crippen LogP contribution in [0.15, 0.2) is 40.9 Å². The summed E-state index contributed by atoms with van der Waals surface area (Å²) in [6, 6.07) is 10.5. The second-order valence-electron chi connectivity index (χ2n) is 7.40. The van der Waals surface area contributed by atoms with Crippen LogP contribution in [0.1, 0.15) is 32.2 Å². The summed E-state index contributed by atoms with van der Waals surface area (Å²) >= 11 is 0. The van der Waals surface area contributed by atoms with Crippen molar-refractivity contribution in [2.75, 3.05) is 22.1 Å². The van der Waals surface area contributed by atoms with Gasteiger partial charge >= 0.3 is 0 Å². The molecular formula is C19H23N7O2. The summed E-state index contributed by atoms with van der Waals surface area (Å²) in [5.41, 5.74) is 13.1. The molecule has 9 heteroatoms. The van der Waals surface area contributed by atoms with Gasteiger partial charge in [0.1, 0.15) is 17.4 Å². The fraction of sp³-hybridized carbons (Fsp3) is 0.263. The second kappa shape index (κ2) is 7.55. The Bertz CT molecular complexity index is 954. The van der Waals surface area contributed by atoms with Gasteiger partial charge in [-0.05, 0) is 24.3 Å². The number of carbonyl (C=O) groups is 1. The summed E-state index contributed by atoms with van der Waals surface area (Å²) in [5.74, 6) is 1.43. The molecule has 0 spiro atoms. The molecular weight excluding hydrogens is 358 g/mol. The molecule has 0 bridgehead atoms. The minimum Gasteiger partial charge on any atom is -0.383 e. The van der Waals surface area contributed by atoms with Crippen molar-refractivity contribution in [2.24, 2.45) is 0 Å². The number of nitrogens with one attached hydrogen (secondary N) is 2. The number of amides is 1. The summed E-state index contributed by atoms with van der Waals surface area (Å²) in [5, 5.41) is 9.87. The van der Waals surface area contributed by atoms with Gasteiger partial charge in [0.25, 0.3) is 0 Å². The summed E-state index contributed by atoms with van der Waals surface area (Å²) < 4.78 is 5.30. The molecule has 146 valence electrons. The lowest BCUT2D eigenvalue weighted by Gasteiger charge is -2.12. The minimum atomic E-state index is -0.175. The quantitative estimate of drug-likeness (QED) is 0.528. The van der Waals surface area contributed by atoms with E-state index in [1.54, 1.807) is 30.3 Å². The third-order valence-electron chi connectivity index (χ3n) is 3.84. The highest BCUT2D eigenvalue weighted by Gasteiger charge is 2.20. The molecule has 0 atom stereocenters. The molecule has 1 amide bonds. The van der Waals surface area contributed by atoms with E-state index in [0.717, 1.165) is 11.4 Å². The first-order valence-electron chi connectivity index (χ1n) is 8.72. The predicted molar refractivity (Wildman–Crippen MR) is 108 cm³/mol. The number of nitrogen functional groups attached to an aromatic ring is 2. The number of rotatable bonds is 5. The molecule has 3 rings (SSSR count). The Morgan fingerprint density at radius 2 is 1.75 bits per heavy atom. The monoisotopic (exact) mass is 381 g/mol. The van der Waals surface area contributed by atoms with Crippen molar-refractivity contribution < 1.29 is 9.32 Å². The fourth-order valence-electron chi connectivity index (χ4n) is 2.45. The lowest BCUT2D eigenvalue weighted by Crippen LogP contribution is -2.14. The zero-order valence-corrected chi connectivity index (χ0v) is 16.0. The first-order chi connectivity index (χ1) is 13.2. The maximum absolute atomic E-state index is 12.2. The molecule has 0 fully saturated rings. The van der Waals surface area contributed by atoms with Gasteiger partial charge in [-0.3, -0.25) is 4.79 Å². The number of hydrogen-bond donors (Lipinski definition) is 4. The van der Waals surface area contributed by atoms with Crippen molar-refractivity contribution in [3.63, 3.8) is 0 Å². The van der Waals surface area contributed by atoms with Crippen molar-refractivity contribution in [1.82, 2.24) is 15.1 Å². The molecule has 0 radical (unpaired) electrons. The third-order valence-corrected chi connectivity index (χ3v) is 3.84. The third kappa shape index (κ3) is 4.97. The molecule has 0 unspecified atom stereocenters. The Labute approximate surface area is 162 Å². The first kappa shape index (κ1) is 19.2. The number of benzene rings is 1. The van der Waals surface area contributed by atoms with Gasteiger partial charge in [-0.15, -0.1) is 0 Å². The Balaban J connectivity index is 1.59. The highest BCUT2D eigenvalue weighted by molar-refractivity contribution is 5.92. The van der Waals surface area contributed by atoms with Gasteiger partial charge in [-0.1, -0.05) is 25.9 Å². The van der Waals surface area contributed by atoms with Gasteiger partial charge < -0.3 is 26.6 Å². The summed E-state index contributed by atoms with van der Waals surface area (Å²) in [6.45, 7) is 6.07. The maximum atomic E-state index is 12.2. The van der Waals surface area contributed by atoms with E-state index in [0.29, 0.717) is 17.2 Å². The van der Waals surface area contributed by atoms with Crippen molar-refractivity contribution in [3.05, 3.63) is 47.9 Å². The molecule has 6 N–H and O–H groups in total. The number of hydrogen-bond acceptors (Lipinski definition) is 8. The van der Waals surface area contributed by atoms with Gasteiger partial charge in [0.15, 0.2) is 0 Å². The number of carbonyl (C=O) groups excluding carboxylic acids is 1. The Hall–Kier alpha value is -3.62. The van der Waals surface area contributed by atoms with Gasteiger partial charge in [-0.25, -0.2) is 0 Å². The number of aromatic nitrogens is 3. The standard InChI is InChI=1S/C19H23N7O2/c1-19(2,3)14-8-13(26-28-14)9-17(27)23-12-6-4-11(5-7-12)22-16-10-15(20)24-18(21)25-16/h4-8,10H,9H2,1-3H3,(H,23,27)(H5,20,21,22,24,25). The predicted octanol–water partition coefficient (Wildman–Crippen LogP) is 2.85. The highest BCUT2D eigenvalue weighted by atomic mass is 16.5. The van der Waals surface area contributed by atoms with Crippen LogP contribution in [0.2, 0.25) is 0 Å². The van der Waals surface area contributed by atoms with Crippen molar-refractivity contribution >= 4 is 34.9 Å². The maximum Gasteiger partial charge on any atom is 0.230 e. The lowest BCUT2D eigenvalue weighted by molar-refractivity contribution is -0.115. The first-order valence-corrected chi connectivity index (χ1v) is 8.72. The van der Waals surface area contributed by atoms with E-state index in [4.69, 9.17) is 16.0 Å². The van der Waals surface area contributed by atoms with E-state index in [9.17, 15) is 4.79 Å². The molecule has 2 aromatic heterocycles. The number of nitrogens with two attached hydrogens (primary N) is 2. The van der Waals surface area contributed by atoms with Crippen LogP contribution in [-0.4, -0.2) is 21.0 Å². The molecule has 0 saturated carbocycles. The summed E-state index contributed by atoms with van der Waals surface area (Å²) in [4.78, 5) is 20.1. The van der Waals surface area contributed by atoms with E-state index in [1.165, 1.54) is 0 Å². The topological polar surface area (TPSA) is 145 Å². The molecule has 0 aliphatic carbocycles. The van der Waals surface area contributed by atoms with Crippen LogP contribution < -0.4 is 22.1 Å². The van der Waals surface area contributed by atoms with Crippen LogP contribution in [0.5, 0.6) is 0 Å². The molecule has 0 aliphatic rings. The van der Waals surface area contributed by atoms with Crippen molar-refractivity contribution in [1.29, 1.82) is 0 Å². The Morgan fingerprint density at radius 1 is 1.07 bits per heavy atom. The lowest BCUT2D eigenvalue weighted by atomic mass is 9.93. The molecule has 0 saturated heterocycles.